The van der Waals surface area contributed by atoms with E-state index < -0.39 is 11.6 Å². The first-order chi connectivity index (χ1) is 7.39. The van der Waals surface area contributed by atoms with Gasteiger partial charge in [0.05, 0.1) is 6.61 Å². The summed E-state index contributed by atoms with van der Waals surface area (Å²) in [5.41, 5.74) is -0.0186. The van der Waals surface area contributed by atoms with Gasteiger partial charge in [-0.2, -0.15) is 0 Å². The van der Waals surface area contributed by atoms with Crippen molar-refractivity contribution in [2.75, 3.05) is 6.61 Å². The van der Waals surface area contributed by atoms with E-state index in [9.17, 15) is 9.18 Å². The first-order valence-corrected chi connectivity index (χ1v) is 5.33. The fourth-order valence-corrected chi connectivity index (χ4v) is 1.62. The number of alkyl halides is 1. The molecule has 88 valence electrons. The summed E-state index contributed by atoms with van der Waals surface area (Å²) in [4.78, 5) is 11.5. The summed E-state index contributed by atoms with van der Waals surface area (Å²) in [6, 6.07) is 5.38. The Kier molecular flexibility index (Phi) is 3.68. The van der Waals surface area contributed by atoms with Crippen molar-refractivity contribution in [3.05, 3.63) is 34.9 Å². The molecule has 1 unspecified atom stereocenters. The van der Waals surface area contributed by atoms with Crippen LogP contribution in [0.1, 0.15) is 30.5 Å². The van der Waals surface area contributed by atoms with Crippen LogP contribution in [-0.2, 0) is 15.2 Å². The van der Waals surface area contributed by atoms with Crippen molar-refractivity contribution in [3.8, 4) is 0 Å². The normalized spacial score (nSPS) is 14.3. The Morgan fingerprint density at radius 2 is 2.06 bits per heavy atom. The van der Waals surface area contributed by atoms with Crippen molar-refractivity contribution in [2.24, 2.45) is 0 Å². The summed E-state index contributed by atoms with van der Waals surface area (Å²) < 4.78 is 19.1. The number of benzene rings is 1. The number of hydrogen-bond acceptors (Lipinski definition) is 2. The Morgan fingerprint density at radius 1 is 1.44 bits per heavy atom. The van der Waals surface area contributed by atoms with Gasteiger partial charge in [0.15, 0.2) is 0 Å². The summed E-state index contributed by atoms with van der Waals surface area (Å²) in [6.07, 6.45) is 0. The predicted octanol–water partition coefficient (Wildman–Crippen LogP) is 3.05. The van der Waals surface area contributed by atoms with Gasteiger partial charge in [-0.05, 0) is 33.3 Å². The zero-order valence-electron chi connectivity index (χ0n) is 10.1. The standard InChI is InChI=1S/C13H17FO2/c1-5-16-12(15)13(4,14)11-8-9(2)6-7-10(11)3/h6-8H,5H2,1-4H3. The van der Waals surface area contributed by atoms with Crippen LogP contribution >= 0.6 is 0 Å². The van der Waals surface area contributed by atoms with E-state index in [2.05, 4.69) is 0 Å². The van der Waals surface area contributed by atoms with Gasteiger partial charge in [0.25, 0.3) is 0 Å². The lowest BCUT2D eigenvalue weighted by molar-refractivity contribution is -0.156. The second-order valence-electron chi connectivity index (χ2n) is 4.04. The maximum atomic E-state index is 14.4. The van der Waals surface area contributed by atoms with Crippen molar-refractivity contribution >= 4 is 5.97 Å². The highest BCUT2D eigenvalue weighted by atomic mass is 19.1. The molecule has 0 fully saturated rings. The van der Waals surface area contributed by atoms with Crippen LogP contribution < -0.4 is 0 Å². The first-order valence-electron chi connectivity index (χ1n) is 5.33. The van der Waals surface area contributed by atoms with Gasteiger partial charge < -0.3 is 4.74 Å². The van der Waals surface area contributed by atoms with Gasteiger partial charge >= 0.3 is 5.97 Å². The van der Waals surface area contributed by atoms with Crippen molar-refractivity contribution < 1.29 is 13.9 Å². The molecule has 0 saturated heterocycles. The van der Waals surface area contributed by atoms with Gasteiger partial charge in [0.1, 0.15) is 0 Å². The molecule has 0 radical (unpaired) electrons. The maximum absolute atomic E-state index is 14.4. The molecule has 1 atom stereocenters. The highest BCUT2D eigenvalue weighted by Gasteiger charge is 2.37. The van der Waals surface area contributed by atoms with E-state index in [1.165, 1.54) is 6.92 Å². The van der Waals surface area contributed by atoms with Gasteiger partial charge in [0.2, 0.25) is 5.67 Å². The molecule has 1 aromatic rings. The topological polar surface area (TPSA) is 26.3 Å². The molecule has 0 N–H and O–H groups in total. The predicted molar refractivity (Wildman–Crippen MR) is 61.0 cm³/mol. The fraction of sp³-hybridized carbons (Fsp3) is 0.462. The minimum absolute atomic E-state index is 0.184. The lowest BCUT2D eigenvalue weighted by atomic mass is 9.92. The lowest BCUT2D eigenvalue weighted by Crippen LogP contribution is -2.30. The van der Waals surface area contributed by atoms with E-state index in [0.717, 1.165) is 11.1 Å². The molecule has 0 heterocycles. The van der Waals surface area contributed by atoms with Gasteiger partial charge in [-0.1, -0.05) is 23.8 Å². The number of hydrogen-bond donors (Lipinski definition) is 0. The van der Waals surface area contributed by atoms with E-state index in [-0.39, 0.29) is 6.61 Å². The van der Waals surface area contributed by atoms with E-state index >= 15 is 0 Å². The van der Waals surface area contributed by atoms with Crippen LogP contribution in [0.5, 0.6) is 0 Å². The molecule has 16 heavy (non-hydrogen) atoms. The molecule has 0 saturated carbocycles. The quantitative estimate of drug-likeness (QED) is 0.737. The van der Waals surface area contributed by atoms with Crippen LogP contribution in [-0.4, -0.2) is 12.6 Å². The number of carbonyl (C=O) groups excluding carboxylic acids is 1. The van der Waals surface area contributed by atoms with Crippen molar-refractivity contribution in [1.82, 2.24) is 0 Å². The van der Waals surface area contributed by atoms with Crippen LogP contribution in [0.15, 0.2) is 18.2 Å². The number of ether oxygens (including phenoxy) is 1. The largest absolute Gasteiger partial charge is 0.463 e. The van der Waals surface area contributed by atoms with Crippen molar-refractivity contribution in [1.29, 1.82) is 0 Å². The summed E-state index contributed by atoms with van der Waals surface area (Å²) in [6.45, 7) is 6.74. The van der Waals surface area contributed by atoms with Crippen LogP contribution in [0.25, 0.3) is 0 Å². The second-order valence-corrected chi connectivity index (χ2v) is 4.04. The molecule has 0 aliphatic rings. The molecular formula is C13H17FO2. The summed E-state index contributed by atoms with van der Waals surface area (Å²) in [7, 11) is 0. The number of esters is 1. The third-order valence-corrected chi connectivity index (χ3v) is 2.56. The molecule has 0 spiro atoms. The SMILES string of the molecule is CCOC(=O)C(C)(F)c1cc(C)ccc1C. The highest BCUT2D eigenvalue weighted by molar-refractivity contribution is 5.81. The monoisotopic (exact) mass is 224 g/mol. The van der Waals surface area contributed by atoms with E-state index in [0.29, 0.717) is 5.56 Å². The molecule has 1 rings (SSSR count). The van der Waals surface area contributed by atoms with E-state index in [4.69, 9.17) is 4.74 Å². The van der Waals surface area contributed by atoms with E-state index in [1.54, 1.807) is 19.9 Å². The Labute approximate surface area is 95.4 Å². The zero-order chi connectivity index (χ0) is 12.3. The van der Waals surface area contributed by atoms with Gasteiger partial charge in [-0.3, -0.25) is 0 Å². The van der Waals surface area contributed by atoms with Crippen LogP contribution in [0.4, 0.5) is 4.39 Å². The number of halogens is 1. The second kappa shape index (κ2) is 4.64. The Hall–Kier alpha value is -1.38. The third-order valence-electron chi connectivity index (χ3n) is 2.56. The molecule has 3 heteroatoms. The van der Waals surface area contributed by atoms with E-state index in [1.807, 2.05) is 19.1 Å². The third kappa shape index (κ3) is 2.40. The summed E-state index contributed by atoms with van der Waals surface area (Å²) in [5.74, 6) is -0.830. The minimum atomic E-state index is -2.08. The minimum Gasteiger partial charge on any atom is -0.463 e. The molecule has 0 aromatic heterocycles. The number of aryl methyl sites for hydroxylation is 2. The van der Waals surface area contributed by atoms with Crippen LogP contribution in [0.2, 0.25) is 0 Å². The Morgan fingerprint density at radius 3 is 2.62 bits per heavy atom. The molecule has 0 bridgehead atoms. The van der Waals surface area contributed by atoms with Crippen molar-refractivity contribution in [3.63, 3.8) is 0 Å². The number of carbonyl (C=O) groups is 1. The molecule has 2 nitrogen and oxygen atoms in total. The molecule has 0 amide bonds. The summed E-state index contributed by atoms with van der Waals surface area (Å²) in [5, 5.41) is 0. The Bertz CT molecular complexity index is 397. The Balaban J connectivity index is 3.15. The smallest absolute Gasteiger partial charge is 0.348 e. The first kappa shape index (κ1) is 12.7. The molecule has 0 aliphatic carbocycles. The van der Waals surface area contributed by atoms with Crippen LogP contribution in [0.3, 0.4) is 0 Å². The van der Waals surface area contributed by atoms with Gasteiger partial charge in [-0.25, -0.2) is 9.18 Å². The summed E-state index contributed by atoms with van der Waals surface area (Å²) >= 11 is 0. The van der Waals surface area contributed by atoms with Crippen LogP contribution in [0, 0.1) is 13.8 Å². The molecular weight excluding hydrogens is 207 g/mol. The zero-order valence-corrected chi connectivity index (χ0v) is 10.1. The number of rotatable bonds is 3. The molecule has 0 aliphatic heterocycles. The van der Waals surface area contributed by atoms with Crippen molar-refractivity contribution in [2.45, 2.75) is 33.4 Å². The fourth-order valence-electron chi connectivity index (χ4n) is 1.62. The highest BCUT2D eigenvalue weighted by Crippen LogP contribution is 2.30. The average Bonchev–Trinajstić information content (AvgIpc) is 2.22. The van der Waals surface area contributed by atoms with Gasteiger partial charge in [0, 0.05) is 5.56 Å². The van der Waals surface area contributed by atoms with Gasteiger partial charge in [-0.15, -0.1) is 0 Å². The average molecular weight is 224 g/mol. The maximum Gasteiger partial charge on any atom is 0.348 e. The molecule has 1 aromatic carbocycles. The lowest BCUT2D eigenvalue weighted by Gasteiger charge is -2.21.